The molecule has 0 saturated heterocycles. The van der Waals surface area contributed by atoms with Crippen LogP contribution >= 0.6 is 0 Å². The van der Waals surface area contributed by atoms with Crippen molar-refractivity contribution in [2.75, 3.05) is 18.1 Å². The minimum atomic E-state index is -0.181. The molecule has 130 valence electrons. The Morgan fingerprint density at radius 1 is 1.38 bits per heavy atom. The number of carbonyl (C=O) groups is 1. The summed E-state index contributed by atoms with van der Waals surface area (Å²) in [6.07, 6.45) is 5.69. The zero-order valence-corrected chi connectivity index (χ0v) is 14.7. The molecule has 5 heteroatoms. The Hall–Kier alpha value is -2.30. The van der Waals surface area contributed by atoms with Crippen molar-refractivity contribution >= 4 is 17.9 Å². The second kappa shape index (κ2) is 9.11. The van der Waals surface area contributed by atoms with E-state index in [0.717, 1.165) is 23.6 Å². The highest BCUT2D eigenvalue weighted by Gasteiger charge is 2.14. The molecule has 5 nitrogen and oxygen atoms in total. The Kier molecular flexibility index (Phi) is 6.85. The van der Waals surface area contributed by atoms with Gasteiger partial charge < -0.3 is 14.4 Å². The van der Waals surface area contributed by atoms with Gasteiger partial charge in [-0.25, -0.2) is 0 Å². The van der Waals surface area contributed by atoms with Gasteiger partial charge in [-0.1, -0.05) is 19.9 Å². The molecule has 0 fully saturated rings. The predicted molar refractivity (Wildman–Crippen MR) is 96.6 cm³/mol. The summed E-state index contributed by atoms with van der Waals surface area (Å²) in [6.45, 7) is 7.20. The smallest absolute Gasteiger partial charge is 0.305 e. The van der Waals surface area contributed by atoms with Gasteiger partial charge in [-0.3, -0.25) is 9.79 Å². The molecular formula is C19H26N2O3. The number of rotatable bonds is 8. The maximum Gasteiger partial charge on any atom is 0.305 e. The first-order valence-corrected chi connectivity index (χ1v) is 8.54. The summed E-state index contributed by atoms with van der Waals surface area (Å²) in [5.41, 5.74) is 1.96. The average Bonchev–Trinajstić information content (AvgIpc) is 2.60. The van der Waals surface area contributed by atoms with Gasteiger partial charge in [-0.2, -0.15) is 0 Å². The van der Waals surface area contributed by atoms with E-state index in [1.165, 1.54) is 0 Å². The molecule has 1 aliphatic rings. The van der Waals surface area contributed by atoms with Crippen molar-refractivity contribution in [3.8, 4) is 5.75 Å². The van der Waals surface area contributed by atoms with E-state index in [-0.39, 0.29) is 12.1 Å². The highest BCUT2D eigenvalue weighted by atomic mass is 16.5. The van der Waals surface area contributed by atoms with Crippen LogP contribution in [0.2, 0.25) is 0 Å². The Balaban J connectivity index is 2.02. The fraction of sp³-hybridized carbons (Fsp3) is 0.474. The molecule has 1 atom stereocenters. The molecule has 0 aromatic heterocycles. The lowest BCUT2D eigenvalue weighted by molar-refractivity contribution is -0.147. The predicted octanol–water partition coefficient (Wildman–Crippen LogP) is 3.94. The molecule has 24 heavy (non-hydrogen) atoms. The van der Waals surface area contributed by atoms with Gasteiger partial charge in [0.05, 0.1) is 18.8 Å². The summed E-state index contributed by atoms with van der Waals surface area (Å²) in [6, 6.07) is 8.04. The van der Waals surface area contributed by atoms with Gasteiger partial charge in [0.2, 0.25) is 0 Å². The Labute approximate surface area is 144 Å². The third-order valence-electron chi connectivity index (χ3n) is 3.58. The van der Waals surface area contributed by atoms with Crippen LogP contribution in [0.3, 0.4) is 0 Å². The molecule has 1 heterocycles. The average molecular weight is 330 g/mol. The van der Waals surface area contributed by atoms with Gasteiger partial charge in [0.25, 0.3) is 0 Å². The van der Waals surface area contributed by atoms with E-state index >= 15 is 0 Å². The molecule has 0 spiro atoms. The van der Waals surface area contributed by atoms with Crippen LogP contribution in [-0.4, -0.2) is 31.4 Å². The topological polar surface area (TPSA) is 51.1 Å². The van der Waals surface area contributed by atoms with Crippen LogP contribution in [-0.2, 0) is 9.53 Å². The highest BCUT2D eigenvalue weighted by Crippen LogP contribution is 2.24. The quantitative estimate of drug-likeness (QED) is 0.678. The summed E-state index contributed by atoms with van der Waals surface area (Å²) >= 11 is 0. The normalized spacial score (nSPS) is 15.0. The van der Waals surface area contributed by atoms with Crippen molar-refractivity contribution in [2.45, 2.75) is 46.1 Å². The summed E-state index contributed by atoms with van der Waals surface area (Å²) in [7, 11) is 0. The lowest BCUT2D eigenvalue weighted by Crippen LogP contribution is -2.23. The van der Waals surface area contributed by atoms with E-state index in [4.69, 9.17) is 9.47 Å². The molecule has 1 aliphatic heterocycles. The molecule has 0 amide bonds. The monoisotopic (exact) mass is 330 g/mol. The van der Waals surface area contributed by atoms with Crippen molar-refractivity contribution in [1.82, 2.24) is 0 Å². The van der Waals surface area contributed by atoms with Crippen LogP contribution in [0, 0.1) is 0 Å². The van der Waals surface area contributed by atoms with Gasteiger partial charge in [0, 0.05) is 37.0 Å². The number of nitrogens with zero attached hydrogens (tertiary/aromatic N) is 2. The van der Waals surface area contributed by atoms with Gasteiger partial charge >= 0.3 is 5.97 Å². The van der Waals surface area contributed by atoms with Crippen molar-refractivity contribution in [1.29, 1.82) is 0 Å². The van der Waals surface area contributed by atoms with Crippen LogP contribution < -0.4 is 9.64 Å². The van der Waals surface area contributed by atoms with Crippen molar-refractivity contribution in [2.24, 2.45) is 4.99 Å². The molecule has 0 N–H and O–H groups in total. The SMILES string of the molecule is CCCOc1cccc(N2C=C(CC(C)OC(=O)CC)N=CC2)c1. The Morgan fingerprint density at radius 2 is 2.21 bits per heavy atom. The van der Waals surface area contributed by atoms with Gasteiger partial charge in [0.15, 0.2) is 0 Å². The van der Waals surface area contributed by atoms with E-state index in [2.05, 4.69) is 16.8 Å². The van der Waals surface area contributed by atoms with E-state index in [9.17, 15) is 4.79 Å². The van der Waals surface area contributed by atoms with Crippen molar-refractivity contribution < 1.29 is 14.3 Å². The molecule has 0 aliphatic carbocycles. The fourth-order valence-electron chi connectivity index (χ4n) is 2.41. The number of ether oxygens (including phenoxy) is 2. The van der Waals surface area contributed by atoms with E-state index in [1.807, 2.05) is 43.6 Å². The first kappa shape index (κ1) is 18.0. The molecule has 1 aromatic rings. The minimum absolute atomic E-state index is 0.180. The van der Waals surface area contributed by atoms with E-state index in [1.54, 1.807) is 6.92 Å². The fourth-order valence-corrected chi connectivity index (χ4v) is 2.41. The summed E-state index contributed by atoms with van der Waals surface area (Å²) in [5, 5.41) is 0. The maximum absolute atomic E-state index is 11.4. The third kappa shape index (κ3) is 5.41. The van der Waals surface area contributed by atoms with Crippen LogP contribution in [0.5, 0.6) is 5.75 Å². The number of hydrogen-bond acceptors (Lipinski definition) is 5. The lowest BCUT2D eigenvalue weighted by Gasteiger charge is -2.24. The maximum atomic E-state index is 11.4. The summed E-state index contributed by atoms with van der Waals surface area (Å²) in [4.78, 5) is 17.9. The summed E-state index contributed by atoms with van der Waals surface area (Å²) < 4.78 is 11.0. The zero-order valence-electron chi connectivity index (χ0n) is 14.7. The number of aliphatic imine (C=N–C) groups is 1. The van der Waals surface area contributed by atoms with Gasteiger partial charge in [-0.15, -0.1) is 0 Å². The molecule has 1 aromatic carbocycles. The van der Waals surface area contributed by atoms with Crippen LogP contribution in [0.15, 0.2) is 41.2 Å². The number of hydrogen-bond donors (Lipinski definition) is 0. The standard InChI is InChI=1S/C19H26N2O3/c1-4-11-23-18-8-6-7-17(13-18)21-10-9-20-16(14-21)12-15(3)24-19(22)5-2/h6-9,13-15H,4-5,10-12H2,1-3H3. The van der Waals surface area contributed by atoms with Crippen LogP contribution in [0.1, 0.15) is 40.0 Å². The first-order chi connectivity index (χ1) is 11.6. The summed E-state index contributed by atoms with van der Waals surface area (Å²) in [5.74, 6) is 0.692. The lowest BCUT2D eigenvalue weighted by atomic mass is 10.2. The second-order valence-electron chi connectivity index (χ2n) is 5.79. The van der Waals surface area contributed by atoms with E-state index < -0.39 is 0 Å². The Bertz CT molecular complexity index is 610. The molecule has 0 radical (unpaired) electrons. The largest absolute Gasteiger partial charge is 0.494 e. The first-order valence-electron chi connectivity index (χ1n) is 8.54. The molecule has 1 unspecified atom stereocenters. The molecule has 0 saturated carbocycles. The van der Waals surface area contributed by atoms with Gasteiger partial charge in [-0.05, 0) is 25.5 Å². The molecule has 2 rings (SSSR count). The van der Waals surface area contributed by atoms with Crippen molar-refractivity contribution in [3.05, 3.63) is 36.2 Å². The molecular weight excluding hydrogens is 304 g/mol. The van der Waals surface area contributed by atoms with Crippen LogP contribution in [0.4, 0.5) is 5.69 Å². The number of benzene rings is 1. The second-order valence-corrected chi connectivity index (χ2v) is 5.79. The minimum Gasteiger partial charge on any atom is -0.494 e. The number of esters is 1. The Morgan fingerprint density at radius 3 is 2.96 bits per heavy atom. The zero-order chi connectivity index (χ0) is 17.4. The van der Waals surface area contributed by atoms with Crippen molar-refractivity contribution in [3.63, 3.8) is 0 Å². The van der Waals surface area contributed by atoms with Gasteiger partial charge in [0.1, 0.15) is 11.9 Å². The van der Waals surface area contributed by atoms with E-state index in [0.29, 0.717) is 26.0 Å². The molecule has 0 bridgehead atoms. The highest BCUT2D eigenvalue weighted by molar-refractivity contribution is 5.71. The number of anilines is 1. The number of carbonyl (C=O) groups excluding carboxylic acids is 1. The third-order valence-corrected chi connectivity index (χ3v) is 3.58. The van der Waals surface area contributed by atoms with Crippen LogP contribution in [0.25, 0.3) is 0 Å².